The molecule has 0 N–H and O–H groups in total. The Morgan fingerprint density at radius 2 is 1.33 bits per heavy atom. The highest BCUT2D eigenvalue weighted by Gasteiger charge is 2.44. The second kappa shape index (κ2) is 7.35. The predicted molar refractivity (Wildman–Crippen MR) is 87.0 cm³/mol. The van der Waals surface area contributed by atoms with Crippen molar-refractivity contribution in [1.29, 1.82) is 0 Å². The zero-order chi connectivity index (χ0) is 14.6. The standard InChI is InChI=1S/C12H32NO2Si3/c1-10-11-12(16(14-2)15-3)13(17(4,5)6)18(7,8)9/h12H,10-11H2,1-9H3. The van der Waals surface area contributed by atoms with Gasteiger partial charge in [0.25, 0.3) is 0 Å². The molecule has 0 spiro atoms. The maximum absolute atomic E-state index is 5.67. The van der Waals surface area contributed by atoms with Crippen molar-refractivity contribution < 1.29 is 8.85 Å². The van der Waals surface area contributed by atoms with E-state index in [0.717, 1.165) is 0 Å². The van der Waals surface area contributed by atoms with Crippen molar-refractivity contribution in [3.05, 3.63) is 0 Å². The molecular weight excluding hydrogens is 274 g/mol. The molecule has 0 bridgehead atoms. The van der Waals surface area contributed by atoms with Crippen LogP contribution < -0.4 is 0 Å². The lowest BCUT2D eigenvalue weighted by molar-refractivity contribution is 0.245. The fourth-order valence-corrected chi connectivity index (χ4v) is 17.5. The van der Waals surface area contributed by atoms with Crippen LogP contribution in [0.3, 0.4) is 0 Å². The summed E-state index contributed by atoms with van der Waals surface area (Å²) in [5, 5.41) is 0. The van der Waals surface area contributed by atoms with Gasteiger partial charge in [0.05, 0.1) is 0 Å². The summed E-state index contributed by atoms with van der Waals surface area (Å²) in [6.07, 6.45) is 2.38. The Morgan fingerprint density at radius 3 is 1.56 bits per heavy atom. The molecule has 0 aromatic carbocycles. The number of hydrogen-bond acceptors (Lipinski definition) is 3. The summed E-state index contributed by atoms with van der Waals surface area (Å²) in [5.41, 5.74) is 0.494. The summed E-state index contributed by atoms with van der Waals surface area (Å²) < 4.78 is 14.2. The van der Waals surface area contributed by atoms with Crippen molar-refractivity contribution in [1.82, 2.24) is 4.23 Å². The lowest BCUT2D eigenvalue weighted by atomic mass is 10.3. The van der Waals surface area contributed by atoms with Gasteiger partial charge in [-0.25, -0.2) is 0 Å². The first-order valence-corrected chi connectivity index (χ1v) is 15.1. The Hall–Kier alpha value is 0.531. The van der Waals surface area contributed by atoms with Gasteiger partial charge in [-0.3, -0.25) is 0 Å². The molecule has 3 nitrogen and oxygen atoms in total. The minimum Gasteiger partial charge on any atom is -0.396 e. The van der Waals surface area contributed by atoms with E-state index < -0.39 is 25.8 Å². The number of rotatable bonds is 8. The molecule has 18 heavy (non-hydrogen) atoms. The van der Waals surface area contributed by atoms with Crippen LogP contribution in [0.4, 0.5) is 0 Å². The highest BCUT2D eigenvalue weighted by Crippen LogP contribution is 2.27. The average Bonchev–Trinajstić information content (AvgIpc) is 2.15. The quantitative estimate of drug-likeness (QED) is 0.641. The third-order valence-electron chi connectivity index (χ3n) is 2.99. The zero-order valence-corrected chi connectivity index (χ0v) is 16.8. The summed E-state index contributed by atoms with van der Waals surface area (Å²) in [5.74, 6) is 0. The van der Waals surface area contributed by atoms with Crippen molar-refractivity contribution in [3.63, 3.8) is 0 Å². The summed E-state index contributed by atoms with van der Waals surface area (Å²) in [6, 6.07) is 0. The van der Waals surface area contributed by atoms with Crippen LogP contribution >= 0.6 is 0 Å². The molecule has 0 aliphatic rings. The fraction of sp³-hybridized carbons (Fsp3) is 1.00. The number of nitrogens with zero attached hydrogens (tertiary/aromatic N) is 1. The van der Waals surface area contributed by atoms with Crippen LogP contribution in [0.2, 0.25) is 39.3 Å². The summed E-state index contributed by atoms with van der Waals surface area (Å²) in [6.45, 7) is 16.9. The van der Waals surface area contributed by atoms with Gasteiger partial charge in [-0.1, -0.05) is 52.6 Å². The Balaban J connectivity index is 5.36. The molecule has 109 valence electrons. The van der Waals surface area contributed by atoms with Crippen LogP contribution in [0.25, 0.3) is 0 Å². The Labute approximate surface area is 118 Å². The molecule has 0 amide bonds. The van der Waals surface area contributed by atoms with Crippen LogP contribution in [0.15, 0.2) is 0 Å². The van der Waals surface area contributed by atoms with E-state index in [-0.39, 0.29) is 0 Å². The molecule has 0 saturated heterocycles. The van der Waals surface area contributed by atoms with Gasteiger partial charge >= 0.3 is 9.28 Å². The van der Waals surface area contributed by atoms with E-state index in [4.69, 9.17) is 8.85 Å². The minimum absolute atomic E-state index is 0.494. The largest absolute Gasteiger partial charge is 0.401 e. The van der Waals surface area contributed by atoms with Gasteiger partial charge in [-0.2, -0.15) is 0 Å². The van der Waals surface area contributed by atoms with Crippen LogP contribution in [0.5, 0.6) is 0 Å². The van der Waals surface area contributed by atoms with Crippen LogP contribution in [0, 0.1) is 0 Å². The van der Waals surface area contributed by atoms with Gasteiger partial charge in [0.2, 0.25) is 0 Å². The predicted octanol–water partition coefficient (Wildman–Crippen LogP) is 3.45. The van der Waals surface area contributed by atoms with Gasteiger partial charge in [-0.05, 0) is 6.42 Å². The second-order valence-corrected chi connectivity index (χ2v) is 19.0. The molecule has 0 fully saturated rings. The van der Waals surface area contributed by atoms with E-state index >= 15 is 0 Å². The maximum atomic E-state index is 5.67. The van der Waals surface area contributed by atoms with E-state index in [9.17, 15) is 0 Å². The first kappa shape index (κ1) is 18.5. The maximum Gasteiger partial charge on any atom is 0.401 e. The Morgan fingerprint density at radius 1 is 0.944 bits per heavy atom. The second-order valence-electron chi connectivity index (χ2n) is 6.74. The molecule has 0 aromatic rings. The van der Waals surface area contributed by atoms with Crippen molar-refractivity contribution >= 4 is 25.8 Å². The first-order valence-electron chi connectivity index (χ1n) is 6.83. The van der Waals surface area contributed by atoms with E-state index in [1.54, 1.807) is 14.2 Å². The molecule has 1 atom stereocenters. The highest BCUT2D eigenvalue weighted by molar-refractivity contribution is 6.90. The van der Waals surface area contributed by atoms with Crippen LogP contribution in [-0.4, -0.2) is 49.9 Å². The molecule has 0 rings (SSSR count). The SMILES string of the molecule is CCCC(N([Si](C)(C)C)[Si](C)(C)C)[Si](OC)OC. The van der Waals surface area contributed by atoms with E-state index in [1.165, 1.54) is 12.8 Å². The van der Waals surface area contributed by atoms with E-state index in [0.29, 0.717) is 5.67 Å². The van der Waals surface area contributed by atoms with Crippen LogP contribution in [-0.2, 0) is 8.85 Å². The molecule has 0 aliphatic heterocycles. The topological polar surface area (TPSA) is 21.7 Å². The molecule has 0 aliphatic carbocycles. The Bertz CT molecular complexity index is 220. The van der Waals surface area contributed by atoms with E-state index in [1.807, 2.05) is 0 Å². The minimum atomic E-state index is -1.36. The molecule has 1 unspecified atom stereocenters. The smallest absolute Gasteiger partial charge is 0.396 e. The molecule has 1 radical (unpaired) electrons. The molecule has 0 aromatic heterocycles. The van der Waals surface area contributed by atoms with Gasteiger partial charge in [0.1, 0.15) is 16.5 Å². The summed E-state index contributed by atoms with van der Waals surface area (Å²) in [4.78, 5) is 0. The summed E-state index contributed by atoms with van der Waals surface area (Å²) in [7, 11) is -0.309. The lowest BCUT2D eigenvalue weighted by Gasteiger charge is -2.49. The fourth-order valence-electron chi connectivity index (χ4n) is 2.92. The van der Waals surface area contributed by atoms with E-state index in [2.05, 4.69) is 50.4 Å². The highest BCUT2D eigenvalue weighted by atomic mass is 28.4. The van der Waals surface area contributed by atoms with Crippen molar-refractivity contribution in [2.45, 2.75) is 64.7 Å². The Kier molecular flexibility index (Phi) is 7.57. The first-order chi connectivity index (χ1) is 8.09. The van der Waals surface area contributed by atoms with Crippen molar-refractivity contribution in [3.8, 4) is 0 Å². The molecular formula is C12H32NO2Si3. The van der Waals surface area contributed by atoms with Crippen molar-refractivity contribution in [2.24, 2.45) is 0 Å². The average molecular weight is 307 g/mol. The molecule has 0 heterocycles. The monoisotopic (exact) mass is 306 g/mol. The van der Waals surface area contributed by atoms with Gasteiger partial charge in [0.15, 0.2) is 0 Å². The third-order valence-corrected chi connectivity index (χ3v) is 12.9. The lowest BCUT2D eigenvalue weighted by Crippen LogP contribution is -2.67. The normalized spacial score (nSPS) is 15.5. The molecule has 0 saturated carbocycles. The van der Waals surface area contributed by atoms with Crippen molar-refractivity contribution in [2.75, 3.05) is 14.2 Å². The third kappa shape index (κ3) is 5.26. The van der Waals surface area contributed by atoms with Gasteiger partial charge < -0.3 is 13.1 Å². The molecule has 6 heteroatoms. The summed E-state index contributed by atoms with van der Waals surface area (Å²) >= 11 is 0. The van der Waals surface area contributed by atoms with Crippen LogP contribution in [0.1, 0.15) is 19.8 Å². The van der Waals surface area contributed by atoms with Gasteiger partial charge in [0, 0.05) is 19.9 Å². The van der Waals surface area contributed by atoms with Gasteiger partial charge in [-0.15, -0.1) is 0 Å². The number of hydrogen-bond donors (Lipinski definition) is 0. The zero-order valence-electron chi connectivity index (χ0n) is 13.8.